The van der Waals surface area contributed by atoms with Crippen molar-refractivity contribution in [2.24, 2.45) is 5.92 Å². The number of amides is 1. The number of pyridine rings is 1. The maximum absolute atomic E-state index is 12.1. The molecule has 4 heteroatoms. The van der Waals surface area contributed by atoms with Gasteiger partial charge in [-0.1, -0.05) is 44.2 Å². The Morgan fingerprint density at radius 3 is 2.68 bits per heavy atom. The summed E-state index contributed by atoms with van der Waals surface area (Å²) in [5.74, 6) is 0.417. The van der Waals surface area contributed by atoms with Crippen molar-refractivity contribution in [3.05, 3.63) is 59.9 Å². The van der Waals surface area contributed by atoms with Crippen LogP contribution in [0.1, 0.15) is 29.9 Å². The molecule has 0 aliphatic heterocycles. The maximum Gasteiger partial charge on any atom is 0.269 e. The Labute approximate surface area is 132 Å². The van der Waals surface area contributed by atoms with Gasteiger partial charge in [0.1, 0.15) is 5.69 Å². The first kappa shape index (κ1) is 16.0. The van der Waals surface area contributed by atoms with Gasteiger partial charge in [-0.25, -0.2) is 0 Å². The molecule has 2 aromatic rings. The third-order valence-electron chi connectivity index (χ3n) is 3.25. The van der Waals surface area contributed by atoms with E-state index < -0.39 is 0 Å². The summed E-state index contributed by atoms with van der Waals surface area (Å²) < 4.78 is 0. The van der Waals surface area contributed by atoms with Gasteiger partial charge in [0.25, 0.3) is 5.91 Å². The van der Waals surface area contributed by atoms with Gasteiger partial charge >= 0.3 is 0 Å². The molecule has 1 aromatic carbocycles. The van der Waals surface area contributed by atoms with E-state index in [0.29, 0.717) is 18.2 Å². The van der Waals surface area contributed by atoms with Crippen LogP contribution in [0.2, 0.25) is 0 Å². The molecule has 0 saturated heterocycles. The Hall–Kier alpha value is -2.36. The number of carbonyl (C=O) groups excluding carboxylic acids is 1. The summed E-state index contributed by atoms with van der Waals surface area (Å²) in [6.07, 6.45) is 2.48. The van der Waals surface area contributed by atoms with Crippen LogP contribution >= 0.6 is 0 Å². The molecule has 0 aliphatic carbocycles. The summed E-state index contributed by atoms with van der Waals surface area (Å²) >= 11 is 0. The van der Waals surface area contributed by atoms with Gasteiger partial charge in [-0.05, 0) is 30.0 Å². The number of benzene rings is 1. The van der Waals surface area contributed by atoms with Crippen LogP contribution in [0.25, 0.3) is 0 Å². The van der Waals surface area contributed by atoms with Crippen molar-refractivity contribution in [2.75, 3.05) is 18.4 Å². The molecule has 2 N–H and O–H groups in total. The van der Waals surface area contributed by atoms with Crippen molar-refractivity contribution >= 4 is 11.6 Å². The van der Waals surface area contributed by atoms with Crippen LogP contribution in [0.3, 0.4) is 0 Å². The second-order valence-corrected chi connectivity index (χ2v) is 5.70. The lowest BCUT2D eigenvalue weighted by Gasteiger charge is -2.10. The van der Waals surface area contributed by atoms with E-state index >= 15 is 0 Å². The van der Waals surface area contributed by atoms with E-state index in [1.165, 1.54) is 5.56 Å². The molecule has 0 atom stereocenters. The first-order valence-corrected chi connectivity index (χ1v) is 7.67. The lowest BCUT2D eigenvalue weighted by Crippen LogP contribution is -2.26. The summed E-state index contributed by atoms with van der Waals surface area (Å²) in [6.45, 7) is 5.77. The van der Waals surface area contributed by atoms with E-state index in [4.69, 9.17) is 0 Å². The van der Waals surface area contributed by atoms with Crippen molar-refractivity contribution in [3.8, 4) is 0 Å². The molecule has 0 saturated carbocycles. The van der Waals surface area contributed by atoms with E-state index in [0.717, 1.165) is 18.7 Å². The van der Waals surface area contributed by atoms with Gasteiger partial charge in [-0.3, -0.25) is 9.78 Å². The summed E-state index contributed by atoms with van der Waals surface area (Å²) in [4.78, 5) is 16.3. The molecular weight excluding hydrogens is 274 g/mol. The highest BCUT2D eigenvalue weighted by Gasteiger charge is 2.07. The Kier molecular flexibility index (Phi) is 5.95. The molecule has 0 fully saturated rings. The minimum absolute atomic E-state index is 0.135. The number of rotatable bonds is 7. The van der Waals surface area contributed by atoms with E-state index in [1.807, 2.05) is 24.3 Å². The van der Waals surface area contributed by atoms with Gasteiger partial charge in [0.05, 0.1) is 0 Å². The summed E-state index contributed by atoms with van der Waals surface area (Å²) in [6, 6.07) is 13.8. The van der Waals surface area contributed by atoms with Crippen LogP contribution in [-0.4, -0.2) is 24.0 Å². The first-order valence-electron chi connectivity index (χ1n) is 7.67. The second kappa shape index (κ2) is 8.17. The Balaban J connectivity index is 1.85. The zero-order chi connectivity index (χ0) is 15.8. The molecule has 2 rings (SSSR count). The highest BCUT2D eigenvalue weighted by Crippen LogP contribution is 2.09. The van der Waals surface area contributed by atoms with Crippen molar-refractivity contribution in [1.82, 2.24) is 10.3 Å². The Morgan fingerprint density at radius 1 is 1.18 bits per heavy atom. The van der Waals surface area contributed by atoms with Crippen LogP contribution in [0.5, 0.6) is 0 Å². The Morgan fingerprint density at radius 2 is 1.95 bits per heavy atom. The first-order chi connectivity index (χ1) is 10.6. The molecule has 0 radical (unpaired) electrons. The zero-order valence-electron chi connectivity index (χ0n) is 13.2. The normalized spacial score (nSPS) is 10.5. The van der Waals surface area contributed by atoms with E-state index in [9.17, 15) is 4.79 Å². The zero-order valence-corrected chi connectivity index (χ0v) is 13.2. The molecule has 0 unspecified atom stereocenters. The standard InChI is InChI=1S/C18H23N3O/c1-14(2)13-21-16-9-11-19-17(12-16)18(22)20-10-8-15-6-4-3-5-7-15/h3-7,9,11-12,14H,8,10,13H2,1-2H3,(H,19,21)(H,20,22). The topological polar surface area (TPSA) is 54.0 Å². The number of anilines is 1. The number of hydrogen-bond donors (Lipinski definition) is 2. The molecule has 22 heavy (non-hydrogen) atoms. The highest BCUT2D eigenvalue weighted by atomic mass is 16.1. The van der Waals surface area contributed by atoms with Crippen LogP contribution in [0.15, 0.2) is 48.7 Å². The summed E-state index contributed by atoms with van der Waals surface area (Å²) in [5.41, 5.74) is 2.59. The van der Waals surface area contributed by atoms with Gasteiger partial charge in [-0.2, -0.15) is 0 Å². The van der Waals surface area contributed by atoms with Crippen molar-refractivity contribution < 1.29 is 4.79 Å². The molecule has 0 bridgehead atoms. The van der Waals surface area contributed by atoms with E-state index in [-0.39, 0.29) is 5.91 Å². The number of hydrogen-bond acceptors (Lipinski definition) is 3. The SMILES string of the molecule is CC(C)CNc1ccnc(C(=O)NCCc2ccccc2)c1. The molecule has 116 valence electrons. The van der Waals surface area contributed by atoms with Gasteiger partial charge in [0, 0.05) is 25.0 Å². The van der Waals surface area contributed by atoms with Gasteiger partial charge in [0.2, 0.25) is 0 Å². The molecule has 1 amide bonds. The predicted octanol–water partition coefficient (Wildman–Crippen LogP) is 3.12. The average Bonchev–Trinajstić information content (AvgIpc) is 2.54. The molecule has 1 aromatic heterocycles. The molecular formula is C18H23N3O. The number of nitrogens with zero attached hydrogens (tertiary/aromatic N) is 1. The molecule has 4 nitrogen and oxygen atoms in total. The third-order valence-corrected chi connectivity index (χ3v) is 3.25. The van der Waals surface area contributed by atoms with Crippen molar-refractivity contribution in [1.29, 1.82) is 0 Å². The van der Waals surface area contributed by atoms with E-state index in [2.05, 4.69) is 41.6 Å². The van der Waals surface area contributed by atoms with Crippen LogP contribution in [0, 0.1) is 5.92 Å². The van der Waals surface area contributed by atoms with Crippen LogP contribution in [0.4, 0.5) is 5.69 Å². The third kappa shape index (κ3) is 5.20. The quantitative estimate of drug-likeness (QED) is 0.825. The molecule has 1 heterocycles. The monoisotopic (exact) mass is 297 g/mol. The van der Waals surface area contributed by atoms with E-state index in [1.54, 1.807) is 12.3 Å². The van der Waals surface area contributed by atoms with Crippen molar-refractivity contribution in [3.63, 3.8) is 0 Å². The summed E-state index contributed by atoms with van der Waals surface area (Å²) in [5, 5.41) is 6.21. The Bertz CT molecular complexity index is 596. The lowest BCUT2D eigenvalue weighted by atomic mass is 10.1. The minimum atomic E-state index is -0.135. The largest absolute Gasteiger partial charge is 0.385 e. The van der Waals surface area contributed by atoms with Crippen molar-refractivity contribution in [2.45, 2.75) is 20.3 Å². The lowest BCUT2D eigenvalue weighted by molar-refractivity contribution is 0.0949. The van der Waals surface area contributed by atoms with Crippen LogP contribution in [-0.2, 0) is 6.42 Å². The number of carbonyl (C=O) groups is 1. The molecule has 0 aliphatic rings. The fraction of sp³-hybridized carbons (Fsp3) is 0.333. The van der Waals surface area contributed by atoms with Gasteiger partial charge < -0.3 is 10.6 Å². The number of nitrogens with one attached hydrogen (secondary N) is 2. The fourth-order valence-electron chi connectivity index (χ4n) is 2.04. The average molecular weight is 297 g/mol. The fourth-order valence-corrected chi connectivity index (χ4v) is 2.04. The van der Waals surface area contributed by atoms with Gasteiger partial charge in [0.15, 0.2) is 0 Å². The maximum atomic E-state index is 12.1. The minimum Gasteiger partial charge on any atom is -0.385 e. The van der Waals surface area contributed by atoms with Crippen LogP contribution < -0.4 is 10.6 Å². The molecule has 0 spiro atoms. The summed E-state index contributed by atoms with van der Waals surface area (Å²) in [7, 11) is 0. The van der Waals surface area contributed by atoms with Gasteiger partial charge in [-0.15, -0.1) is 0 Å². The predicted molar refractivity (Wildman–Crippen MR) is 90.0 cm³/mol. The smallest absolute Gasteiger partial charge is 0.269 e. The number of aromatic nitrogens is 1. The highest BCUT2D eigenvalue weighted by molar-refractivity contribution is 5.93. The second-order valence-electron chi connectivity index (χ2n) is 5.70.